The predicted octanol–water partition coefficient (Wildman–Crippen LogP) is 6.06. The maximum Gasteiger partial charge on any atom is 0.258 e. The Morgan fingerprint density at radius 2 is 1.83 bits per heavy atom. The molecule has 0 radical (unpaired) electrons. The van der Waals surface area contributed by atoms with Gasteiger partial charge in [-0.15, -0.1) is 0 Å². The number of nitrogens with zero attached hydrogens (tertiary/aromatic N) is 3. The van der Waals surface area contributed by atoms with Crippen molar-refractivity contribution in [2.75, 3.05) is 12.0 Å². The predicted molar refractivity (Wildman–Crippen MR) is 137 cm³/mol. The van der Waals surface area contributed by atoms with E-state index in [0.717, 1.165) is 22.4 Å². The van der Waals surface area contributed by atoms with Crippen molar-refractivity contribution in [3.8, 4) is 17.1 Å². The fourth-order valence-electron chi connectivity index (χ4n) is 4.16. The van der Waals surface area contributed by atoms with Gasteiger partial charge in [-0.1, -0.05) is 53.7 Å². The van der Waals surface area contributed by atoms with Gasteiger partial charge < -0.3 is 14.6 Å². The van der Waals surface area contributed by atoms with E-state index in [9.17, 15) is 4.39 Å². The van der Waals surface area contributed by atoms with E-state index in [0.29, 0.717) is 33.8 Å². The van der Waals surface area contributed by atoms with Crippen LogP contribution in [-0.2, 0) is 0 Å². The average Bonchev–Trinajstić information content (AvgIpc) is 3.36. The molecule has 0 amide bonds. The number of hydrogen-bond acceptors (Lipinski definition) is 5. The first-order valence-corrected chi connectivity index (χ1v) is 11.5. The first kappa shape index (κ1) is 22.7. The molecule has 0 fully saturated rings. The van der Waals surface area contributed by atoms with Crippen molar-refractivity contribution in [3.05, 3.63) is 101 Å². The maximum atomic E-state index is 14.5. The molecular formula is C27H23FN4O2S. The molecule has 4 aromatic rings. The van der Waals surface area contributed by atoms with E-state index in [4.69, 9.17) is 26.5 Å². The molecule has 8 heteroatoms. The lowest BCUT2D eigenvalue weighted by Crippen LogP contribution is -2.46. The Bertz CT molecular complexity index is 1430. The molecule has 1 atom stereocenters. The van der Waals surface area contributed by atoms with Gasteiger partial charge in [0.05, 0.1) is 24.4 Å². The smallest absolute Gasteiger partial charge is 0.258 e. The lowest BCUT2D eigenvalue weighted by Gasteiger charge is -2.37. The second-order valence-electron chi connectivity index (χ2n) is 8.22. The van der Waals surface area contributed by atoms with Crippen LogP contribution in [0.1, 0.15) is 30.0 Å². The lowest BCUT2D eigenvalue weighted by molar-refractivity contribution is 0.403. The van der Waals surface area contributed by atoms with Gasteiger partial charge in [0.15, 0.2) is 5.11 Å². The quantitative estimate of drug-likeness (QED) is 0.344. The maximum absolute atomic E-state index is 14.5. The summed E-state index contributed by atoms with van der Waals surface area (Å²) in [5, 5.41) is 8.04. The molecule has 2 heterocycles. The molecule has 1 aromatic heterocycles. The molecule has 0 saturated heterocycles. The van der Waals surface area contributed by atoms with Gasteiger partial charge in [0.2, 0.25) is 5.82 Å². The molecule has 0 bridgehead atoms. The summed E-state index contributed by atoms with van der Waals surface area (Å²) in [6, 6.07) is 22.0. The molecule has 176 valence electrons. The molecule has 1 aliphatic rings. The fourth-order valence-corrected chi connectivity index (χ4v) is 4.52. The summed E-state index contributed by atoms with van der Waals surface area (Å²) in [7, 11) is 1.62. The number of aryl methyl sites for hydroxylation is 1. The molecule has 6 nitrogen and oxygen atoms in total. The van der Waals surface area contributed by atoms with Crippen LogP contribution in [0.2, 0.25) is 0 Å². The van der Waals surface area contributed by atoms with Crippen molar-refractivity contribution in [1.29, 1.82) is 0 Å². The van der Waals surface area contributed by atoms with Gasteiger partial charge in [-0.2, -0.15) is 4.98 Å². The molecule has 5 rings (SSSR count). The molecule has 1 aliphatic heterocycles. The van der Waals surface area contributed by atoms with Crippen LogP contribution in [-0.4, -0.2) is 22.4 Å². The van der Waals surface area contributed by atoms with Gasteiger partial charge in [-0.05, 0) is 61.5 Å². The second kappa shape index (κ2) is 9.31. The van der Waals surface area contributed by atoms with Gasteiger partial charge >= 0.3 is 0 Å². The van der Waals surface area contributed by atoms with E-state index >= 15 is 0 Å². The third kappa shape index (κ3) is 4.28. The van der Waals surface area contributed by atoms with E-state index in [-0.39, 0.29) is 11.9 Å². The van der Waals surface area contributed by atoms with Crippen LogP contribution in [0.4, 0.5) is 10.1 Å². The zero-order valence-corrected chi connectivity index (χ0v) is 20.3. The van der Waals surface area contributed by atoms with Crippen molar-refractivity contribution in [2.24, 2.45) is 0 Å². The number of anilines is 1. The molecule has 0 spiro atoms. The highest BCUT2D eigenvalue weighted by Gasteiger charge is 2.35. The third-order valence-electron chi connectivity index (χ3n) is 6.01. The van der Waals surface area contributed by atoms with Crippen molar-refractivity contribution in [1.82, 2.24) is 15.5 Å². The zero-order valence-electron chi connectivity index (χ0n) is 19.4. The largest absolute Gasteiger partial charge is 0.497 e. The number of halogens is 1. The number of allylic oxidation sites excluding steroid dienone is 1. The van der Waals surface area contributed by atoms with Gasteiger partial charge in [0.1, 0.15) is 11.6 Å². The van der Waals surface area contributed by atoms with Crippen LogP contribution in [0.25, 0.3) is 17.0 Å². The minimum absolute atomic E-state index is 0.307. The number of nitrogens with one attached hydrogen (secondary N) is 1. The van der Waals surface area contributed by atoms with E-state index in [2.05, 4.69) is 10.5 Å². The fraction of sp³-hybridized carbons (Fsp3) is 0.148. The summed E-state index contributed by atoms with van der Waals surface area (Å²) in [4.78, 5) is 6.49. The SMILES string of the molecule is COc1cccc(C2NC(=S)N(c3ccc(C)c(F)c3)C(C)=C2c2nc(-c3ccccc3)no2)c1. The Balaban J connectivity index is 1.67. The van der Waals surface area contributed by atoms with Crippen LogP contribution in [0, 0.1) is 12.7 Å². The molecule has 0 saturated carbocycles. The highest BCUT2D eigenvalue weighted by molar-refractivity contribution is 7.80. The van der Waals surface area contributed by atoms with Crippen LogP contribution < -0.4 is 15.0 Å². The van der Waals surface area contributed by atoms with Gasteiger partial charge in [-0.25, -0.2) is 4.39 Å². The van der Waals surface area contributed by atoms with Gasteiger partial charge in [0, 0.05) is 11.3 Å². The average molecular weight is 487 g/mol. The topological polar surface area (TPSA) is 63.4 Å². The summed E-state index contributed by atoms with van der Waals surface area (Å²) in [5.74, 6) is 1.23. The number of hydrogen-bond donors (Lipinski definition) is 1. The van der Waals surface area contributed by atoms with Crippen LogP contribution in [0.15, 0.2) is 83.0 Å². The Labute approximate surface area is 208 Å². The Hall–Kier alpha value is -4.04. The van der Waals surface area contributed by atoms with Crippen molar-refractivity contribution in [2.45, 2.75) is 19.9 Å². The summed E-state index contributed by atoms with van der Waals surface area (Å²) in [6.45, 7) is 3.64. The standard InChI is InChI=1S/C27H23FN4O2S/c1-16-12-13-20(15-22(16)28)32-17(2)23(26-30-25(31-34-26)18-8-5-4-6-9-18)24(29-27(32)35)19-10-7-11-21(14-19)33-3/h4-15,24H,1-3H3,(H,29,35). The van der Waals surface area contributed by atoms with E-state index in [1.54, 1.807) is 25.0 Å². The molecule has 3 aromatic carbocycles. The van der Waals surface area contributed by atoms with E-state index in [1.807, 2.05) is 67.6 Å². The molecule has 0 aliphatic carbocycles. The zero-order chi connectivity index (χ0) is 24.5. The minimum atomic E-state index is -0.381. The van der Waals surface area contributed by atoms with Crippen LogP contribution in [0.5, 0.6) is 5.75 Å². The first-order chi connectivity index (χ1) is 17.0. The number of rotatable bonds is 5. The normalized spacial score (nSPS) is 15.8. The monoisotopic (exact) mass is 486 g/mol. The molecule has 1 unspecified atom stereocenters. The number of methoxy groups -OCH3 is 1. The number of ether oxygens (including phenoxy) is 1. The van der Waals surface area contributed by atoms with Crippen molar-refractivity contribution >= 4 is 28.6 Å². The Morgan fingerprint density at radius 1 is 1.03 bits per heavy atom. The summed E-state index contributed by atoms with van der Waals surface area (Å²) in [6.07, 6.45) is 0. The highest BCUT2D eigenvalue weighted by atomic mass is 32.1. The van der Waals surface area contributed by atoms with Crippen molar-refractivity contribution in [3.63, 3.8) is 0 Å². The number of thiocarbonyl (C=S) groups is 1. The minimum Gasteiger partial charge on any atom is -0.497 e. The number of benzene rings is 3. The van der Waals surface area contributed by atoms with Gasteiger partial charge in [0.25, 0.3) is 5.89 Å². The highest BCUT2D eigenvalue weighted by Crippen LogP contribution is 2.40. The van der Waals surface area contributed by atoms with Crippen molar-refractivity contribution < 1.29 is 13.7 Å². The molecule has 35 heavy (non-hydrogen) atoms. The summed E-state index contributed by atoms with van der Waals surface area (Å²) >= 11 is 5.75. The summed E-state index contributed by atoms with van der Waals surface area (Å²) < 4.78 is 25.7. The Morgan fingerprint density at radius 3 is 2.57 bits per heavy atom. The second-order valence-corrected chi connectivity index (χ2v) is 8.60. The van der Waals surface area contributed by atoms with E-state index < -0.39 is 0 Å². The number of aromatic nitrogens is 2. The van der Waals surface area contributed by atoms with Crippen LogP contribution >= 0.6 is 12.2 Å². The van der Waals surface area contributed by atoms with E-state index in [1.165, 1.54) is 6.07 Å². The molecular weight excluding hydrogens is 463 g/mol. The molecule has 1 N–H and O–H groups in total. The first-order valence-electron chi connectivity index (χ1n) is 11.1. The third-order valence-corrected chi connectivity index (χ3v) is 6.31. The Kier molecular flexibility index (Phi) is 6.05. The lowest BCUT2D eigenvalue weighted by atomic mass is 9.94. The summed E-state index contributed by atoms with van der Waals surface area (Å²) in [5.41, 5.74) is 4.42. The van der Waals surface area contributed by atoms with Crippen LogP contribution in [0.3, 0.4) is 0 Å². The van der Waals surface area contributed by atoms with Gasteiger partial charge in [-0.3, -0.25) is 4.90 Å².